The summed E-state index contributed by atoms with van der Waals surface area (Å²) in [6, 6.07) is 11.1. The van der Waals surface area contributed by atoms with Gasteiger partial charge in [-0.3, -0.25) is 14.3 Å². The zero-order chi connectivity index (χ0) is 25.3. The first-order valence-electron chi connectivity index (χ1n) is 10.9. The maximum Gasteiger partial charge on any atom is 0.261 e. The molecule has 0 unspecified atom stereocenters. The summed E-state index contributed by atoms with van der Waals surface area (Å²) in [4.78, 5) is 26.2. The monoisotopic (exact) mass is 494 g/mol. The highest BCUT2D eigenvalue weighted by molar-refractivity contribution is 6.32. The third-order valence-electron chi connectivity index (χ3n) is 5.44. The largest absolute Gasteiger partial charge is 0.488 e. The van der Waals surface area contributed by atoms with Gasteiger partial charge in [0.25, 0.3) is 5.56 Å². The van der Waals surface area contributed by atoms with Crippen LogP contribution in [-0.4, -0.2) is 24.6 Å². The minimum absolute atomic E-state index is 0.196. The molecule has 9 heteroatoms. The molecule has 180 valence electrons. The number of benzene rings is 1. The lowest BCUT2D eigenvalue weighted by molar-refractivity contribution is 0.0688. The predicted octanol–water partition coefficient (Wildman–Crippen LogP) is 4.91. The highest BCUT2D eigenvalue weighted by Crippen LogP contribution is 2.28. The molecule has 0 saturated carbocycles. The number of aliphatic hydroxyl groups is 1. The number of aromatic nitrogens is 4. The molecule has 0 aliphatic carbocycles. The van der Waals surface area contributed by atoms with Gasteiger partial charge in [-0.2, -0.15) is 0 Å². The van der Waals surface area contributed by atoms with E-state index < -0.39 is 5.60 Å². The Bertz CT molecular complexity index is 1450. The Morgan fingerprint density at radius 2 is 1.80 bits per heavy atom. The molecular weight excluding hydrogens is 471 g/mol. The normalized spacial score (nSPS) is 11.5. The molecule has 0 radical (unpaired) electrons. The second-order valence-corrected chi connectivity index (χ2v) is 9.08. The first-order chi connectivity index (χ1) is 16.5. The Hall–Kier alpha value is -3.62. The maximum atomic E-state index is 13.3. The van der Waals surface area contributed by atoms with Crippen LogP contribution in [0.1, 0.15) is 36.5 Å². The molecule has 1 aromatic carbocycles. The summed E-state index contributed by atoms with van der Waals surface area (Å²) in [7, 11) is 0. The lowest BCUT2D eigenvalue weighted by Crippen LogP contribution is -2.24. The average molecular weight is 495 g/mol. The molecule has 3 aromatic heterocycles. The van der Waals surface area contributed by atoms with Crippen molar-refractivity contribution in [2.45, 2.75) is 39.9 Å². The molecule has 35 heavy (non-hydrogen) atoms. The van der Waals surface area contributed by atoms with E-state index in [0.717, 1.165) is 5.56 Å². The van der Waals surface area contributed by atoms with E-state index in [-0.39, 0.29) is 28.8 Å². The Labute approximate surface area is 206 Å². The fourth-order valence-electron chi connectivity index (χ4n) is 3.52. The van der Waals surface area contributed by atoms with Gasteiger partial charge in [0.15, 0.2) is 5.82 Å². The molecule has 0 aliphatic rings. The van der Waals surface area contributed by atoms with E-state index in [1.807, 2.05) is 0 Å². The number of halogens is 2. The lowest BCUT2D eigenvalue weighted by atomic mass is 10.1. The topological polar surface area (TPSA) is 90.1 Å². The molecule has 0 saturated heterocycles. The molecule has 3 heterocycles. The summed E-state index contributed by atoms with van der Waals surface area (Å²) >= 11 is 6.46. The standard InChI is InChI=1S/C26H24ClFN4O3/c1-15-11-23(35-14-17-5-7-18(28)8-6-17)16(2)24(33)32(15)22-12-21(30-13-19(22)27)20-9-10-29-25(31-20)26(3,4)34/h5-13,34H,14H2,1-4H3. The molecule has 4 rings (SSSR count). The maximum absolute atomic E-state index is 13.3. The van der Waals surface area contributed by atoms with Crippen molar-refractivity contribution < 1.29 is 14.2 Å². The third-order valence-corrected chi connectivity index (χ3v) is 5.73. The second kappa shape index (κ2) is 9.56. The Balaban J connectivity index is 1.72. The fraction of sp³-hybridized carbons (Fsp3) is 0.231. The average Bonchev–Trinajstić information content (AvgIpc) is 2.82. The third kappa shape index (κ3) is 5.23. The van der Waals surface area contributed by atoms with Gasteiger partial charge in [-0.15, -0.1) is 0 Å². The van der Waals surface area contributed by atoms with E-state index in [4.69, 9.17) is 16.3 Å². The lowest BCUT2D eigenvalue weighted by Gasteiger charge is -2.17. The van der Waals surface area contributed by atoms with Gasteiger partial charge in [0.1, 0.15) is 23.8 Å². The van der Waals surface area contributed by atoms with Crippen molar-refractivity contribution >= 4 is 11.6 Å². The summed E-state index contributed by atoms with van der Waals surface area (Å²) in [6.07, 6.45) is 3.00. The molecule has 0 atom stereocenters. The van der Waals surface area contributed by atoms with Gasteiger partial charge in [0.2, 0.25) is 0 Å². The molecule has 4 aromatic rings. The van der Waals surface area contributed by atoms with Crippen LogP contribution in [0.25, 0.3) is 17.1 Å². The van der Waals surface area contributed by atoms with Crippen LogP contribution in [0.4, 0.5) is 4.39 Å². The molecule has 0 bridgehead atoms. The minimum atomic E-state index is -1.22. The van der Waals surface area contributed by atoms with Crippen molar-refractivity contribution in [2.24, 2.45) is 0 Å². The molecular formula is C26H24ClFN4O3. The zero-order valence-corrected chi connectivity index (χ0v) is 20.5. The van der Waals surface area contributed by atoms with Gasteiger partial charge in [-0.25, -0.2) is 14.4 Å². The summed E-state index contributed by atoms with van der Waals surface area (Å²) < 4.78 is 20.5. The van der Waals surface area contributed by atoms with Gasteiger partial charge in [0, 0.05) is 24.2 Å². The predicted molar refractivity (Wildman–Crippen MR) is 131 cm³/mol. The van der Waals surface area contributed by atoms with E-state index in [1.165, 1.54) is 22.9 Å². The van der Waals surface area contributed by atoms with Crippen LogP contribution in [0, 0.1) is 19.7 Å². The second-order valence-electron chi connectivity index (χ2n) is 8.68. The van der Waals surface area contributed by atoms with E-state index >= 15 is 0 Å². The fourth-order valence-corrected chi connectivity index (χ4v) is 3.71. The smallest absolute Gasteiger partial charge is 0.261 e. The first-order valence-corrected chi connectivity index (χ1v) is 11.2. The molecule has 0 spiro atoms. The van der Waals surface area contributed by atoms with Crippen LogP contribution in [0.15, 0.2) is 59.7 Å². The van der Waals surface area contributed by atoms with Crippen molar-refractivity contribution in [3.8, 4) is 22.8 Å². The van der Waals surface area contributed by atoms with Gasteiger partial charge in [0.05, 0.1) is 27.7 Å². The summed E-state index contributed by atoms with van der Waals surface area (Å²) in [5.74, 6) is 0.361. The van der Waals surface area contributed by atoms with Crippen LogP contribution in [0.5, 0.6) is 5.75 Å². The Kier molecular flexibility index (Phi) is 6.69. The Morgan fingerprint density at radius 1 is 1.09 bits per heavy atom. The van der Waals surface area contributed by atoms with Crippen molar-refractivity contribution in [2.75, 3.05) is 0 Å². The molecule has 7 nitrogen and oxygen atoms in total. The Morgan fingerprint density at radius 3 is 2.49 bits per heavy atom. The van der Waals surface area contributed by atoms with Gasteiger partial charge < -0.3 is 9.84 Å². The van der Waals surface area contributed by atoms with E-state index in [2.05, 4.69) is 15.0 Å². The number of aryl methyl sites for hydroxylation is 1. The number of ether oxygens (including phenoxy) is 1. The molecule has 0 amide bonds. The van der Waals surface area contributed by atoms with Gasteiger partial charge >= 0.3 is 0 Å². The van der Waals surface area contributed by atoms with Crippen LogP contribution in [-0.2, 0) is 12.2 Å². The number of pyridine rings is 2. The highest BCUT2D eigenvalue weighted by Gasteiger charge is 2.21. The van der Waals surface area contributed by atoms with Gasteiger partial charge in [-0.1, -0.05) is 23.7 Å². The first kappa shape index (κ1) is 24.5. The van der Waals surface area contributed by atoms with Crippen molar-refractivity contribution in [1.29, 1.82) is 0 Å². The zero-order valence-electron chi connectivity index (χ0n) is 19.7. The number of rotatable bonds is 6. The molecule has 0 fully saturated rings. The number of nitrogens with zero attached hydrogens (tertiary/aromatic N) is 4. The van der Waals surface area contributed by atoms with E-state index in [9.17, 15) is 14.3 Å². The minimum Gasteiger partial charge on any atom is -0.488 e. The van der Waals surface area contributed by atoms with Crippen molar-refractivity contribution in [3.63, 3.8) is 0 Å². The number of hydrogen-bond acceptors (Lipinski definition) is 6. The SMILES string of the molecule is Cc1c(OCc2ccc(F)cc2)cc(C)n(-c2cc(-c3ccnc(C(C)(C)O)n3)ncc2Cl)c1=O. The van der Waals surface area contributed by atoms with E-state index in [1.54, 1.807) is 64.2 Å². The molecule has 1 N–H and O–H groups in total. The number of hydrogen-bond donors (Lipinski definition) is 1. The van der Waals surface area contributed by atoms with Crippen molar-refractivity contribution in [3.05, 3.63) is 98.7 Å². The van der Waals surface area contributed by atoms with Crippen LogP contribution in [0.3, 0.4) is 0 Å². The van der Waals surface area contributed by atoms with Crippen LogP contribution >= 0.6 is 11.6 Å². The summed E-state index contributed by atoms with van der Waals surface area (Å²) in [6.45, 7) is 6.84. The quantitative estimate of drug-likeness (QED) is 0.410. The van der Waals surface area contributed by atoms with Crippen molar-refractivity contribution in [1.82, 2.24) is 19.5 Å². The van der Waals surface area contributed by atoms with Crippen LogP contribution in [0.2, 0.25) is 5.02 Å². The van der Waals surface area contributed by atoms with Crippen LogP contribution < -0.4 is 10.3 Å². The van der Waals surface area contributed by atoms with Gasteiger partial charge in [-0.05, 0) is 57.5 Å². The highest BCUT2D eigenvalue weighted by atomic mass is 35.5. The summed E-state index contributed by atoms with van der Waals surface area (Å²) in [5, 5.41) is 10.5. The van der Waals surface area contributed by atoms with E-state index in [0.29, 0.717) is 34.1 Å². The summed E-state index contributed by atoms with van der Waals surface area (Å²) in [5.41, 5.74) is 1.67. The molecule has 0 aliphatic heterocycles.